The average Bonchev–Trinajstić information content (AvgIpc) is 3.00. The van der Waals surface area contributed by atoms with E-state index in [0.29, 0.717) is 15.1 Å². The molecule has 0 amide bonds. The van der Waals surface area contributed by atoms with Crippen molar-refractivity contribution >= 4 is 30.6 Å². The maximum atomic E-state index is 13.2. The summed E-state index contributed by atoms with van der Waals surface area (Å²) in [4.78, 5) is 0.783. The van der Waals surface area contributed by atoms with Crippen LogP contribution in [0.5, 0.6) is 5.75 Å². The van der Waals surface area contributed by atoms with E-state index in [0.717, 1.165) is 29.2 Å². The van der Waals surface area contributed by atoms with E-state index in [1.165, 1.54) is 19.2 Å². The van der Waals surface area contributed by atoms with Gasteiger partial charge < -0.3 is 4.74 Å². The third-order valence-electron chi connectivity index (χ3n) is 4.64. The fourth-order valence-corrected chi connectivity index (χ4v) is 5.61. The highest BCUT2D eigenvalue weighted by atomic mass is 32.2. The highest BCUT2D eigenvalue weighted by molar-refractivity contribution is 7.50. The summed E-state index contributed by atoms with van der Waals surface area (Å²) in [5, 5.41) is 0.361. The Labute approximate surface area is 164 Å². The largest absolute Gasteiger partial charge is 0.497 e. The van der Waals surface area contributed by atoms with E-state index in [-0.39, 0.29) is 10.8 Å². The van der Waals surface area contributed by atoms with Gasteiger partial charge in [0, 0.05) is 33.4 Å². The number of methoxy groups -OCH3 is 1. The lowest BCUT2D eigenvalue weighted by atomic mass is 10.1. The van der Waals surface area contributed by atoms with Gasteiger partial charge in [-0.25, -0.2) is 0 Å². The van der Waals surface area contributed by atoms with Crippen LogP contribution in [0.4, 0.5) is 26.3 Å². The number of ether oxygens (including phenoxy) is 1. The standard InChI is InChI=1S/C21H13F6OS/c1-28-14-4-6-15(7-5-14)29-18-8-2-12(20(22,23)24)10-16(18)17-11-13(21(25,26)27)3-9-19(17)29/h2-11H,1H3/q+1. The van der Waals surface area contributed by atoms with Gasteiger partial charge in [0.2, 0.25) is 0 Å². The normalized spacial score (nSPS) is 12.7. The molecule has 0 aliphatic rings. The van der Waals surface area contributed by atoms with Crippen LogP contribution in [0.1, 0.15) is 11.1 Å². The van der Waals surface area contributed by atoms with Gasteiger partial charge in [0.25, 0.3) is 0 Å². The molecule has 0 aliphatic carbocycles. The number of rotatable bonds is 2. The van der Waals surface area contributed by atoms with Gasteiger partial charge >= 0.3 is 12.4 Å². The molecule has 4 rings (SSSR count). The van der Waals surface area contributed by atoms with Crippen molar-refractivity contribution in [1.29, 1.82) is 0 Å². The number of alkyl halides is 6. The van der Waals surface area contributed by atoms with Gasteiger partial charge in [-0.3, -0.25) is 0 Å². The Balaban J connectivity index is 2.08. The summed E-state index contributed by atoms with van der Waals surface area (Å²) in [5.41, 5.74) is -1.78. The highest BCUT2D eigenvalue weighted by Gasteiger charge is 2.35. The van der Waals surface area contributed by atoms with E-state index in [1.807, 2.05) is 0 Å². The molecule has 3 aromatic carbocycles. The summed E-state index contributed by atoms with van der Waals surface area (Å²) in [6.45, 7) is 0. The first-order chi connectivity index (χ1) is 13.6. The SMILES string of the molecule is COc1ccc(-[s+]2c3ccc(C(F)(F)F)cc3c3cc(C(F)(F)F)ccc32)cc1. The quantitative estimate of drug-likeness (QED) is 0.234. The van der Waals surface area contributed by atoms with Crippen LogP contribution in [-0.2, 0) is 12.4 Å². The van der Waals surface area contributed by atoms with E-state index in [1.54, 1.807) is 24.3 Å². The number of halogens is 6. The minimum Gasteiger partial charge on any atom is -0.497 e. The van der Waals surface area contributed by atoms with E-state index < -0.39 is 33.9 Å². The third-order valence-corrected chi connectivity index (χ3v) is 6.97. The lowest BCUT2D eigenvalue weighted by molar-refractivity contribution is -0.138. The zero-order valence-electron chi connectivity index (χ0n) is 14.9. The van der Waals surface area contributed by atoms with Crippen molar-refractivity contribution in [3.05, 3.63) is 71.8 Å². The fourth-order valence-electron chi connectivity index (χ4n) is 3.27. The zero-order valence-corrected chi connectivity index (χ0v) is 15.7. The van der Waals surface area contributed by atoms with Gasteiger partial charge in [0.15, 0.2) is 14.3 Å². The molecular weight excluding hydrogens is 414 g/mol. The Kier molecular flexibility index (Phi) is 4.49. The van der Waals surface area contributed by atoms with Gasteiger partial charge in [-0.15, -0.1) is 0 Å². The summed E-state index contributed by atoms with van der Waals surface area (Å²) < 4.78 is 85.5. The zero-order chi connectivity index (χ0) is 21.0. The minimum absolute atomic E-state index is 0.181. The van der Waals surface area contributed by atoms with Gasteiger partial charge in [-0.2, -0.15) is 26.3 Å². The van der Waals surface area contributed by atoms with Crippen molar-refractivity contribution in [3.8, 4) is 10.6 Å². The minimum atomic E-state index is -4.59. The maximum Gasteiger partial charge on any atom is 0.416 e. The van der Waals surface area contributed by atoms with Crippen molar-refractivity contribution in [2.24, 2.45) is 0 Å². The Morgan fingerprint density at radius 1 is 0.655 bits per heavy atom. The third kappa shape index (κ3) is 3.42. The summed E-state index contributed by atoms with van der Waals surface area (Å²) in [6, 6.07) is 13.5. The van der Waals surface area contributed by atoms with Crippen molar-refractivity contribution in [2.45, 2.75) is 12.4 Å². The molecule has 0 aliphatic heterocycles. The highest BCUT2D eigenvalue weighted by Crippen LogP contribution is 2.50. The molecule has 0 saturated heterocycles. The second-order valence-corrected chi connectivity index (χ2v) is 8.36. The van der Waals surface area contributed by atoms with E-state index in [9.17, 15) is 26.3 Å². The molecule has 8 heteroatoms. The molecule has 4 aromatic rings. The lowest BCUT2D eigenvalue weighted by Gasteiger charge is -2.06. The number of thiophene rings is 1. The molecule has 1 heterocycles. The van der Waals surface area contributed by atoms with Crippen LogP contribution >= 0.6 is 10.5 Å². The second-order valence-electron chi connectivity index (χ2n) is 6.40. The predicted molar refractivity (Wildman–Crippen MR) is 102 cm³/mol. The van der Waals surface area contributed by atoms with E-state index >= 15 is 0 Å². The molecule has 150 valence electrons. The molecule has 0 spiro atoms. The molecule has 0 radical (unpaired) electrons. The molecule has 0 N–H and O–H groups in total. The van der Waals surface area contributed by atoms with Crippen LogP contribution in [0, 0.1) is 0 Å². The molecular formula is C21H13F6OS+. The monoisotopic (exact) mass is 427 g/mol. The maximum absolute atomic E-state index is 13.2. The Morgan fingerprint density at radius 3 is 1.48 bits per heavy atom. The smallest absolute Gasteiger partial charge is 0.416 e. The summed E-state index contributed by atoms with van der Waals surface area (Å²) >= 11 is 0. The van der Waals surface area contributed by atoms with Gasteiger partial charge in [0.1, 0.15) is 5.75 Å². The van der Waals surface area contributed by atoms with Crippen LogP contribution in [0.25, 0.3) is 25.1 Å². The molecule has 1 aromatic heterocycles. The fraction of sp³-hybridized carbons (Fsp3) is 0.143. The lowest BCUT2D eigenvalue weighted by Crippen LogP contribution is -2.04. The van der Waals surface area contributed by atoms with Crippen molar-refractivity contribution in [2.75, 3.05) is 7.11 Å². The van der Waals surface area contributed by atoms with Crippen LogP contribution in [0.2, 0.25) is 0 Å². The van der Waals surface area contributed by atoms with Crippen molar-refractivity contribution in [1.82, 2.24) is 0 Å². The van der Waals surface area contributed by atoms with E-state index in [2.05, 4.69) is 0 Å². The molecule has 1 nitrogen and oxygen atoms in total. The molecule has 0 saturated carbocycles. The number of hydrogen-bond acceptors (Lipinski definition) is 1. The van der Waals surface area contributed by atoms with Gasteiger partial charge in [-0.1, -0.05) is 0 Å². The summed E-state index contributed by atoms with van der Waals surface area (Å²) in [5.74, 6) is 0.608. The van der Waals surface area contributed by atoms with Crippen molar-refractivity contribution in [3.63, 3.8) is 0 Å². The first kappa shape index (κ1) is 19.6. The van der Waals surface area contributed by atoms with Gasteiger partial charge in [-0.05, 0) is 48.5 Å². The molecule has 0 unspecified atom stereocenters. The van der Waals surface area contributed by atoms with Crippen LogP contribution in [0.3, 0.4) is 0 Å². The van der Waals surface area contributed by atoms with Crippen molar-refractivity contribution < 1.29 is 31.1 Å². The van der Waals surface area contributed by atoms with Crippen LogP contribution < -0.4 is 4.74 Å². The molecule has 0 bridgehead atoms. The van der Waals surface area contributed by atoms with E-state index in [4.69, 9.17) is 4.74 Å². The molecule has 0 atom stereocenters. The summed E-state index contributed by atoms with van der Waals surface area (Å²) in [6.07, 6.45) is -9.17. The predicted octanol–water partition coefficient (Wildman–Crippen LogP) is 7.78. The Morgan fingerprint density at radius 2 is 1.10 bits per heavy atom. The van der Waals surface area contributed by atoms with Crippen LogP contribution in [0.15, 0.2) is 60.7 Å². The topological polar surface area (TPSA) is 9.23 Å². The number of fused-ring (bicyclic) bond motifs is 3. The van der Waals surface area contributed by atoms with Crippen LogP contribution in [-0.4, -0.2) is 7.11 Å². The molecule has 0 fully saturated rings. The average molecular weight is 427 g/mol. The first-order valence-electron chi connectivity index (χ1n) is 8.41. The number of benzene rings is 3. The molecule has 29 heavy (non-hydrogen) atoms. The summed E-state index contributed by atoms with van der Waals surface area (Å²) in [7, 11) is 0.698. The Hall–Kier alpha value is -2.74. The van der Waals surface area contributed by atoms with Gasteiger partial charge in [0.05, 0.1) is 18.2 Å². The number of hydrogen-bond donors (Lipinski definition) is 0. The second kappa shape index (κ2) is 6.66. The first-order valence-corrected chi connectivity index (χ1v) is 9.63. The Bertz CT molecular complexity index is 1130.